The normalized spacial score (nSPS) is 17.0. The van der Waals surface area contributed by atoms with Crippen molar-refractivity contribution in [3.05, 3.63) is 27.1 Å². The molecule has 1 saturated heterocycles. The number of methoxy groups -OCH3 is 3. The molecule has 1 fully saturated rings. The number of ether oxygens (including phenoxy) is 3. The molecule has 0 spiro atoms. The summed E-state index contributed by atoms with van der Waals surface area (Å²) in [5, 5.41) is -0.522. The number of imide groups is 1. The maximum absolute atomic E-state index is 12.5. The van der Waals surface area contributed by atoms with Crippen molar-refractivity contribution in [3.63, 3.8) is 0 Å². The highest BCUT2D eigenvalue weighted by Gasteiger charge is 2.41. The number of hydrogen-bond donors (Lipinski definition) is 0. The van der Waals surface area contributed by atoms with Crippen LogP contribution in [0.3, 0.4) is 0 Å². The number of carbonyl (C=O) groups is 3. The Labute approximate surface area is 157 Å². The van der Waals surface area contributed by atoms with Gasteiger partial charge in [-0.3, -0.25) is 14.5 Å². The summed E-state index contributed by atoms with van der Waals surface area (Å²) in [5.41, 5.74) is 0.633. The van der Waals surface area contributed by atoms with Gasteiger partial charge in [0, 0.05) is 4.47 Å². The summed E-state index contributed by atoms with van der Waals surface area (Å²) in [5.74, 6) is -0.191. The first kappa shape index (κ1) is 19.3. The highest BCUT2D eigenvalue weighted by Crippen LogP contribution is 2.38. The highest BCUT2D eigenvalue weighted by atomic mass is 79.9. The first-order valence-corrected chi connectivity index (χ1v) is 8.71. The van der Waals surface area contributed by atoms with Gasteiger partial charge in [-0.1, -0.05) is 15.9 Å². The van der Waals surface area contributed by atoms with E-state index in [1.807, 2.05) is 0 Å². The van der Waals surface area contributed by atoms with Crippen molar-refractivity contribution in [1.29, 1.82) is 0 Å². The second-order valence-corrected chi connectivity index (χ2v) is 6.83. The van der Waals surface area contributed by atoms with E-state index in [1.54, 1.807) is 18.2 Å². The molecule has 9 heteroatoms. The Kier molecular flexibility index (Phi) is 6.12. The van der Waals surface area contributed by atoms with Gasteiger partial charge in [-0.2, -0.15) is 0 Å². The molecule has 0 saturated carbocycles. The SMILES string of the molecule is COC(=O)[C@@H](C)N1C(=O)S/C(=C/c2cc(OC)c(OC)cc2Br)C1=O. The van der Waals surface area contributed by atoms with Crippen LogP contribution in [0.25, 0.3) is 6.08 Å². The first-order valence-electron chi connectivity index (χ1n) is 7.10. The van der Waals surface area contributed by atoms with Crippen LogP contribution in [-0.4, -0.2) is 49.4 Å². The standard InChI is InChI=1S/C16H16BrNO6S/c1-8(15(20)24-4)18-14(19)13(25-16(18)21)6-9-5-11(22-2)12(23-3)7-10(9)17/h5-8H,1-4H3/b13-6+/t8-/m1/s1. The zero-order valence-electron chi connectivity index (χ0n) is 14.0. The predicted molar refractivity (Wildman–Crippen MR) is 96.5 cm³/mol. The van der Waals surface area contributed by atoms with E-state index in [1.165, 1.54) is 28.3 Å². The van der Waals surface area contributed by atoms with Gasteiger partial charge in [0.25, 0.3) is 11.1 Å². The van der Waals surface area contributed by atoms with Gasteiger partial charge in [-0.25, -0.2) is 4.79 Å². The smallest absolute Gasteiger partial charge is 0.328 e. The topological polar surface area (TPSA) is 82.1 Å². The zero-order valence-corrected chi connectivity index (χ0v) is 16.4. The number of hydrogen-bond acceptors (Lipinski definition) is 7. The van der Waals surface area contributed by atoms with E-state index in [0.29, 0.717) is 21.5 Å². The number of carbonyl (C=O) groups excluding carboxylic acids is 3. The number of rotatable bonds is 5. The van der Waals surface area contributed by atoms with Crippen LogP contribution in [0.2, 0.25) is 0 Å². The Morgan fingerprint density at radius 3 is 2.36 bits per heavy atom. The van der Waals surface area contributed by atoms with Gasteiger partial charge in [-0.05, 0) is 42.5 Å². The van der Waals surface area contributed by atoms with Crippen LogP contribution in [0, 0.1) is 0 Å². The van der Waals surface area contributed by atoms with Crippen molar-refractivity contribution in [2.75, 3.05) is 21.3 Å². The fourth-order valence-electron chi connectivity index (χ4n) is 2.21. The van der Waals surface area contributed by atoms with E-state index in [4.69, 9.17) is 9.47 Å². The second kappa shape index (κ2) is 7.92. The fraction of sp³-hybridized carbons (Fsp3) is 0.312. The summed E-state index contributed by atoms with van der Waals surface area (Å²) >= 11 is 4.16. The molecule has 2 amide bonds. The van der Waals surface area contributed by atoms with Gasteiger partial charge in [0.1, 0.15) is 6.04 Å². The van der Waals surface area contributed by atoms with Gasteiger partial charge in [0.15, 0.2) is 11.5 Å². The van der Waals surface area contributed by atoms with E-state index in [9.17, 15) is 14.4 Å². The lowest BCUT2D eigenvalue weighted by Gasteiger charge is -2.18. The average Bonchev–Trinajstić information content (AvgIpc) is 2.88. The molecular formula is C16H16BrNO6S. The number of benzene rings is 1. The molecule has 1 aromatic rings. The highest BCUT2D eigenvalue weighted by molar-refractivity contribution is 9.10. The molecule has 1 aliphatic rings. The molecule has 1 heterocycles. The average molecular weight is 430 g/mol. The minimum Gasteiger partial charge on any atom is -0.493 e. The van der Waals surface area contributed by atoms with Crippen molar-refractivity contribution in [2.24, 2.45) is 0 Å². The molecule has 1 aromatic carbocycles. The molecule has 0 aromatic heterocycles. The van der Waals surface area contributed by atoms with Gasteiger partial charge in [0.2, 0.25) is 0 Å². The lowest BCUT2D eigenvalue weighted by Crippen LogP contribution is -2.42. The maximum Gasteiger partial charge on any atom is 0.328 e. The molecule has 7 nitrogen and oxygen atoms in total. The Bertz CT molecular complexity index is 763. The molecule has 134 valence electrons. The summed E-state index contributed by atoms with van der Waals surface area (Å²) in [6, 6.07) is 2.39. The number of nitrogens with zero attached hydrogens (tertiary/aromatic N) is 1. The van der Waals surface area contributed by atoms with Crippen LogP contribution >= 0.6 is 27.7 Å². The molecule has 1 atom stereocenters. The molecule has 25 heavy (non-hydrogen) atoms. The number of amides is 2. The summed E-state index contributed by atoms with van der Waals surface area (Å²) in [7, 11) is 4.22. The van der Waals surface area contributed by atoms with Crippen molar-refractivity contribution in [3.8, 4) is 11.5 Å². The van der Waals surface area contributed by atoms with Gasteiger partial charge >= 0.3 is 5.97 Å². The molecule has 0 N–H and O–H groups in total. The molecule has 0 radical (unpaired) electrons. The van der Waals surface area contributed by atoms with E-state index in [-0.39, 0.29) is 4.91 Å². The molecule has 0 aliphatic carbocycles. The van der Waals surface area contributed by atoms with Crippen LogP contribution in [-0.2, 0) is 14.3 Å². The van der Waals surface area contributed by atoms with Crippen LogP contribution in [0.1, 0.15) is 12.5 Å². The van der Waals surface area contributed by atoms with E-state index < -0.39 is 23.2 Å². The van der Waals surface area contributed by atoms with Crippen LogP contribution in [0.5, 0.6) is 11.5 Å². The Morgan fingerprint density at radius 1 is 1.20 bits per heavy atom. The minimum atomic E-state index is -0.989. The van der Waals surface area contributed by atoms with Crippen molar-refractivity contribution < 1.29 is 28.6 Å². The first-order chi connectivity index (χ1) is 11.8. The maximum atomic E-state index is 12.5. The summed E-state index contributed by atoms with van der Waals surface area (Å²) in [4.78, 5) is 37.3. The molecule has 2 rings (SSSR count). The van der Waals surface area contributed by atoms with Gasteiger partial charge in [-0.15, -0.1) is 0 Å². The third-order valence-electron chi connectivity index (χ3n) is 3.54. The molecule has 0 bridgehead atoms. The lowest BCUT2D eigenvalue weighted by molar-refractivity contribution is -0.148. The summed E-state index contributed by atoms with van der Waals surface area (Å²) < 4.78 is 15.7. The molecule has 0 unspecified atom stereocenters. The number of thioether (sulfide) groups is 1. The fourth-order valence-corrected chi connectivity index (χ4v) is 3.55. The zero-order chi connectivity index (χ0) is 18.7. The van der Waals surface area contributed by atoms with Crippen molar-refractivity contribution in [1.82, 2.24) is 4.90 Å². The van der Waals surface area contributed by atoms with E-state index in [2.05, 4.69) is 20.7 Å². The Hall–Kier alpha value is -2.00. The summed E-state index contributed by atoms with van der Waals surface area (Å²) in [6.07, 6.45) is 1.56. The number of esters is 1. The minimum absolute atomic E-state index is 0.202. The van der Waals surface area contributed by atoms with E-state index >= 15 is 0 Å². The van der Waals surface area contributed by atoms with Crippen LogP contribution in [0.4, 0.5) is 4.79 Å². The quantitative estimate of drug-likeness (QED) is 0.525. The van der Waals surface area contributed by atoms with Crippen molar-refractivity contribution in [2.45, 2.75) is 13.0 Å². The van der Waals surface area contributed by atoms with Gasteiger partial charge in [0.05, 0.1) is 26.2 Å². The Morgan fingerprint density at radius 2 is 1.80 bits per heavy atom. The monoisotopic (exact) mass is 429 g/mol. The second-order valence-electron chi connectivity index (χ2n) is 4.98. The molecular weight excluding hydrogens is 414 g/mol. The number of halogens is 1. The van der Waals surface area contributed by atoms with E-state index in [0.717, 1.165) is 16.7 Å². The predicted octanol–water partition coefficient (Wildman–Crippen LogP) is 3.06. The van der Waals surface area contributed by atoms with Crippen LogP contribution in [0.15, 0.2) is 21.5 Å². The third kappa shape index (κ3) is 3.82. The molecule has 1 aliphatic heterocycles. The largest absolute Gasteiger partial charge is 0.493 e. The van der Waals surface area contributed by atoms with Crippen LogP contribution < -0.4 is 9.47 Å². The summed E-state index contributed by atoms with van der Waals surface area (Å²) in [6.45, 7) is 1.44. The van der Waals surface area contributed by atoms with Gasteiger partial charge < -0.3 is 14.2 Å². The lowest BCUT2D eigenvalue weighted by atomic mass is 10.1. The Balaban J connectivity index is 2.38. The van der Waals surface area contributed by atoms with Crippen molar-refractivity contribution >= 4 is 50.9 Å². The third-order valence-corrected chi connectivity index (χ3v) is 5.11.